The molecule has 1 heterocycles. The highest BCUT2D eigenvalue weighted by Gasteiger charge is 2.35. The van der Waals surface area contributed by atoms with Crippen molar-refractivity contribution in [1.82, 2.24) is 4.90 Å². The smallest absolute Gasteiger partial charge is 0.323 e. The van der Waals surface area contributed by atoms with Crippen LogP contribution in [0.3, 0.4) is 0 Å². The molecule has 0 aromatic carbocycles. The first kappa shape index (κ1) is 12.0. The number of aliphatic carboxylic acids is 1. The predicted octanol–water partition coefficient (Wildman–Crippen LogP) is 1.69. The molecule has 1 amide bonds. The fourth-order valence-corrected chi connectivity index (χ4v) is 1.96. The fraction of sp³-hybridized carbons (Fsp3) is 0.455. The summed E-state index contributed by atoms with van der Waals surface area (Å²) in [5, 5.41) is 9.43. The standard InChI is InChI=1S/C11H13NO4S/c1-17-10-5-4-8(16-10)11(15)12(6-9(13)14)7-2-3-7/h4-5,7H,2-3,6H2,1H3,(H,13,14). The van der Waals surface area contributed by atoms with E-state index in [-0.39, 0.29) is 24.3 Å². The number of carbonyl (C=O) groups excluding carboxylic acids is 1. The molecule has 17 heavy (non-hydrogen) atoms. The number of carbonyl (C=O) groups is 2. The monoisotopic (exact) mass is 255 g/mol. The van der Waals surface area contributed by atoms with Crippen molar-refractivity contribution >= 4 is 23.6 Å². The van der Waals surface area contributed by atoms with Gasteiger partial charge in [-0.15, -0.1) is 0 Å². The summed E-state index contributed by atoms with van der Waals surface area (Å²) in [7, 11) is 0. The summed E-state index contributed by atoms with van der Waals surface area (Å²) in [5.41, 5.74) is 0. The van der Waals surface area contributed by atoms with Gasteiger partial charge in [0.2, 0.25) is 0 Å². The summed E-state index contributed by atoms with van der Waals surface area (Å²) in [6.07, 6.45) is 3.59. The van der Waals surface area contributed by atoms with Crippen LogP contribution in [0.1, 0.15) is 23.4 Å². The maximum absolute atomic E-state index is 12.1. The highest BCUT2D eigenvalue weighted by atomic mass is 32.2. The molecule has 0 unspecified atom stereocenters. The zero-order valence-corrected chi connectivity index (χ0v) is 10.2. The number of amides is 1. The molecule has 0 saturated heterocycles. The SMILES string of the molecule is CSc1ccc(C(=O)N(CC(=O)O)C2CC2)o1. The van der Waals surface area contributed by atoms with Gasteiger partial charge in [0.25, 0.3) is 5.91 Å². The Morgan fingerprint density at radius 1 is 1.53 bits per heavy atom. The molecule has 5 nitrogen and oxygen atoms in total. The predicted molar refractivity (Wildman–Crippen MR) is 62.2 cm³/mol. The molecule has 1 fully saturated rings. The Morgan fingerprint density at radius 2 is 2.24 bits per heavy atom. The van der Waals surface area contributed by atoms with E-state index in [4.69, 9.17) is 9.52 Å². The largest absolute Gasteiger partial charge is 0.480 e. The second-order valence-corrected chi connectivity index (χ2v) is 4.69. The Balaban J connectivity index is 2.12. The van der Waals surface area contributed by atoms with Crippen LogP contribution in [0.2, 0.25) is 0 Å². The highest BCUT2D eigenvalue weighted by Crippen LogP contribution is 2.29. The average molecular weight is 255 g/mol. The van der Waals surface area contributed by atoms with Crippen LogP contribution in [0.15, 0.2) is 21.6 Å². The van der Waals surface area contributed by atoms with Gasteiger partial charge in [-0.25, -0.2) is 0 Å². The zero-order chi connectivity index (χ0) is 12.4. The van der Waals surface area contributed by atoms with Crippen LogP contribution in [0, 0.1) is 0 Å². The lowest BCUT2D eigenvalue weighted by atomic mass is 10.3. The lowest BCUT2D eigenvalue weighted by Gasteiger charge is -2.18. The summed E-state index contributed by atoms with van der Waals surface area (Å²) in [5.74, 6) is -1.13. The molecule has 1 N–H and O–H groups in total. The van der Waals surface area contributed by atoms with Crippen LogP contribution in [0.25, 0.3) is 0 Å². The van der Waals surface area contributed by atoms with Gasteiger partial charge in [0.1, 0.15) is 6.54 Å². The maximum Gasteiger partial charge on any atom is 0.323 e. The van der Waals surface area contributed by atoms with Crippen molar-refractivity contribution < 1.29 is 19.1 Å². The van der Waals surface area contributed by atoms with E-state index in [0.717, 1.165) is 12.8 Å². The van der Waals surface area contributed by atoms with Crippen LogP contribution in [0.5, 0.6) is 0 Å². The quantitative estimate of drug-likeness (QED) is 0.811. The number of carboxylic acids is 1. The lowest BCUT2D eigenvalue weighted by Crippen LogP contribution is -2.37. The molecule has 1 aromatic heterocycles. The number of rotatable bonds is 5. The molecule has 1 aliphatic rings. The number of hydrogen-bond acceptors (Lipinski definition) is 4. The van der Waals surface area contributed by atoms with Crippen LogP contribution >= 0.6 is 11.8 Å². The molecule has 0 radical (unpaired) electrons. The van der Waals surface area contributed by atoms with E-state index in [1.54, 1.807) is 12.1 Å². The van der Waals surface area contributed by atoms with Crippen LogP contribution in [-0.4, -0.2) is 40.7 Å². The van der Waals surface area contributed by atoms with Gasteiger partial charge in [0, 0.05) is 6.04 Å². The van der Waals surface area contributed by atoms with Crippen molar-refractivity contribution in [2.24, 2.45) is 0 Å². The van der Waals surface area contributed by atoms with Crippen molar-refractivity contribution in [2.75, 3.05) is 12.8 Å². The Labute approximate surface area is 103 Å². The van der Waals surface area contributed by atoms with E-state index < -0.39 is 5.97 Å². The fourth-order valence-electron chi connectivity index (χ4n) is 1.58. The minimum atomic E-state index is -0.998. The molecule has 1 aromatic rings. The van der Waals surface area contributed by atoms with Gasteiger partial charge in [-0.2, -0.15) is 0 Å². The molecule has 92 valence electrons. The summed E-state index contributed by atoms with van der Waals surface area (Å²) in [4.78, 5) is 24.1. The molecule has 0 atom stereocenters. The van der Waals surface area contributed by atoms with E-state index in [2.05, 4.69) is 0 Å². The molecule has 0 aliphatic heterocycles. The minimum Gasteiger partial charge on any atom is -0.480 e. The topological polar surface area (TPSA) is 70.8 Å². The van der Waals surface area contributed by atoms with Gasteiger partial charge in [0.15, 0.2) is 10.9 Å². The normalized spacial score (nSPS) is 14.6. The van der Waals surface area contributed by atoms with Crippen LogP contribution in [0.4, 0.5) is 0 Å². The second kappa shape index (κ2) is 4.83. The zero-order valence-electron chi connectivity index (χ0n) is 9.38. The van der Waals surface area contributed by atoms with Gasteiger partial charge < -0.3 is 14.4 Å². The lowest BCUT2D eigenvalue weighted by molar-refractivity contribution is -0.137. The number of carboxylic acid groups (broad SMARTS) is 1. The third-order valence-corrected chi connectivity index (χ3v) is 3.17. The van der Waals surface area contributed by atoms with Gasteiger partial charge in [0.05, 0.1) is 0 Å². The van der Waals surface area contributed by atoms with Gasteiger partial charge >= 0.3 is 5.97 Å². The van der Waals surface area contributed by atoms with Crippen molar-refractivity contribution in [3.63, 3.8) is 0 Å². The highest BCUT2D eigenvalue weighted by molar-refractivity contribution is 7.98. The molecular weight excluding hydrogens is 242 g/mol. The number of thioether (sulfide) groups is 1. The van der Waals surface area contributed by atoms with Crippen molar-refractivity contribution in [3.8, 4) is 0 Å². The van der Waals surface area contributed by atoms with Gasteiger partial charge in [-0.1, -0.05) is 11.8 Å². The van der Waals surface area contributed by atoms with E-state index in [9.17, 15) is 9.59 Å². The maximum atomic E-state index is 12.1. The first-order valence-electron chi connectivity index (χ1n) is 5.28. The van der Waals surface area contributed by atoms with E-state index in [1.165, 1.54) is 16.7 Å². The molecule has 0 bridgehead atoms. The summed E-state index contributed by atoms with van der Waals surface area (Å²) >= 11 is 1.40. The molecule has 0 spiro atoms. The van der Waals surface area contributed by atoms with Crippen molar-refractivity contribution in [1.29, 1.82) is 0 Å². The van der Waals surface area contributed by atoms with Gasteiger partial charge in [-0.3, -0.25) is 9.59 Å². The Kier molecular flexibility index (Phi) is 3.42. The van der Waals surface area contributed by atoms with E-state index in [1.807, 2.05) is 6.26 Å². The van der Waals surface area contributed by atoms with E-state index in [0.29, 0.717) is 5.09 Å². The van der Waals surface area contributed by atoms with E-state index >= 15 is 0 Å². The number of furan rings is 1. The van der Waals surface area contributed by atoms with Crippen molar-refractivity contribution in [3.05, 3.63) is 17.9 Å². The summed E-state index contributed by atoms with van der Waals surface area (Å²) in [6, 6.07) is 3.36. The Morgan fingerprint density at radius 3 is 2.71 bits per heavy atom. The average Bonchev–Trinajstić information content (AvgIpc) is 3.02. The Bertz CT molecular complexity index is 438. The minimum absolute atomic E-state index is 0.0569. The Hall–Kier alpha value is -1.43. The molecule has 1 saturated carbocycles. The molecule has 1 aliphatic carbocycles. The first-order valence-corrected chi connectivity index (χ1v) is 6.51. The molecular formula is C11H13NO4S. The second-order valence-electron chi connectivity index (χ2n) is 3.88. The summed E-state index contributed by atoms with van der Waals surface area (Å²) in [6.45, 7) is -0.265. The third-order valence-electron chi connectivity index (χ3n) is 2.55. The third kappa shape index (κ3) is 2.82. The van der Waals surface area contributed by atoms with Gasteiger partial charge in [-0.05, 0) is 31.2 Å². The van der Waals surface area contributed by atoms with Crippen molar-refractivity contribution in [2.45, 2.75) is 24.0 Å². The van der Waals surface area contributed by atoms with Crippen LogP contribution < -0.4 is 0 Å². The first-order chi connectivity index (χ1) is 8.11. The summed E-state index contributed by atoms with van der Waals surface area (Å²) < 4.78 is 5.31. The number of hydrogen-bond donors (Lipinski definition) is 1. The molecule has 2 rings (SSSR count). The number of nitrogens with zero attached hydrogens (tertiary/aromatic N) is 1. The molecule has 6 heteroatoms. The van der Waals surface area contributed by atoms with Crippen LogP contribution in [-0.2, 0) is 4.79 Å².